The van der Waals surface area contributed by atoms with Gasteiger partial charge in [-0.2, -0.15) is 0 Å². The third-order valence-corrected chi connectivity index (χ3v) is 8.20. The molecule has 0 fully saturated rings. The predicted molar refractivity (Wildman–Crippen MR) is 146 cm³/mol. The molecule has 0 unspecified atom stereocenters. The Kier molecular flexibility index (Phi) is 4.41. The Bertz CT molecular complexity index is 1680. The van der Waals surface area contributed by atoms with E-state index in [1.807, 2.05) is 0 Å². The number of rotatable bonds is 2. The average molecular weight is 458 g/mol. The molecule has 4 heteroatoms. The molecule has 0 saturated heterocycles. The van der Waals surface area contributed by atoms with Crippen LogP contribution in [-0.2, 0) is 10.8 Å². The van der Waals surface area contributed by atoms with E-state index in [0.717, 1.165) is 7.69 Å². The van der Waals surface area contributed by atoms with Gasteiger partial charge >= 0.3 is 7.69 Å². The molecule has 2 aliphatic rings. The van der Waals surface area contributed by atoms with Crippen LogP contribution in [0.15, 0.2) is 72.8 Å². The van der Waals surface area contributed by atoms with Crippen LogP contribution in [0.4, 0.5) is 0 Å². The summed E-state index contributed by atoms with van der Waals surface area (Å²) in [5.74, 6) is 0.655. The van der Waals surface area contributed by atoms with Crippen molar-refractivity contribution in [1.82, 2.24) is 4.57 Å². The van der Waals surface area contributed by atoms with Gasteiger partial charge in [-0.3, -0.25) is 0 Å². The van der Waals surface area contributed by atoms with Crippen molar-refractivity contribution in [2.75, 3.05) is 0 Å². The van der Waals surface area contributed by atoms with E-state index >= 15 is 0 Å². The van der Waals surface area contributed by atoms with Crippen LogP contribution in [0.5, 0.6) is 5.75 Å². The van der Waals surface area contributed by atoms with Gasteiger partial charge in [0.05, 0.1) is 16.7 Å². The zero-order valence-electron chi connectivity index (χ0n) is 19.8. The van der Waals surface area contributed by atoms with Crippen LogP contribution in [0.1, 0.15) is 57.4 Å². The quantitative estimate of drug-likeness (QED) is 0.282. The van der Waals surface area contributed by atoms with Crippen molar-refractivity contribution in [2.45, 2.75) is 46.0 Å². The first-order valence-electron chi connectivity index (χ1n) is 11.8. The van der Waals surface area contributed by atoms with Gasteiger partial charge in [0.15, 0.2) is 0 Å². The molecule has 1 aromatic heterocycles. The zero-order chi connectivity index (χ0) is 23.4. The van der Waals surface area contributed by atoms with Crippen molar-refractivity contribution < 1.29 is 9.68 Å². The minimum absolute atomic E-state index is 0. The van der Waals surface area contributed by atoms with Gasteiger partial charge in [0, 0.05) is 21.6 Å². The summed E-state index contributed by atoms with van der Waals surface area (Å²) in [5.41, 5.74) is 11.2. The lowest BCUT2D eigenvalue weighted by atomic mass is 9.74. The molecule has 1 aliphatic heterocycles. The minimum Gasteiger partial charge on any atom is -0.537 e. The van der Waals surface area contributed by atoms with Crippen molar-refractivity contribution in [1.29, 1.82) is 0 Å². The Morgan fingerprint density at radius 3 is 2.26 bits per heavy atom. The van der Waals surface area contributed by atoms with Crippen LogP contribution in [0.2, 0.25) is 0 Å². The van der Waals surface area contributed by atoms with E-state index in [4.69, 9.17) is 4.65 Å². The van der Waals surface area contributed by atoms with Crippen LogP contribution < -0.4 is 4.65 Å². The van der Waals surface area contributed by atoms with Gasteiger partial charge in [-0.15, -0.1) is 0 Å². The molecule has 5 aromatic rings. The molecule has 35 heavy (non-hydrogen) atoms. The summed E-state index contributed by atoms with van der Waals surface area (Å²) in [6, 6.07) is 26.2. The van der Waals surface area contributed by atoms with Crippen LogP contribution in [0, 0.1) is 0 Å². The second kappa shape index (κ2) is 7.02. The SMILES string of the molecule is C.CC1(C)c2ccccc2-c2ccc3c(c21)c1cc(O[B]O)cc2c1n3-c1ccccc1C2(C)C. The molecule has 0 atom stereocenters. The summed E-state index contributed by atoms with van der Waals surface area (Å²) in [6.07, 6.45) is 0. The summed E-state index contributed by atoms with van der Waals surface area (Å²) >= 11 is 0. The number of hydrogen-bond acceptors (Lipinski definition) is 2. The number of aromatic nitrogens is 1. The fourth-order valence-electron chi connectivity index (χ4n) is 6.68. The van der Waals surface area contributed by atoms with Gasteiger partial charge in [0.2, 0.25) is 0 Å². The van der Waals surface area contributed by atoms with Crippen molar-refractivity contribution in [3.8, 4) is 22.6 Å². The molecule has 0 bridgehead atoms. The van der Waals surface area contributed by atoms with Gasteiger partial charge in [-0.25, -0.2) is 0 Å². The van der Waals surface area contributed by atoms with Crippen LogP contribution >= 0.6 is 0 Å². The highest BCUT2D eigenvalue weighted by Gasteiger charge is 2.41. The normalized spacial score (nSPS) is 15.8. The molecular formula is C31H29BNO2. The number of benzene rings is 4. The smallest absolute Gasteiger partial charge is 0.537 e. The summed E-state index contributed by atoms with van der Waals surface area (Å²) in [5, 5.41) is 11.9. The monoisotopic (exact) mass is 458 g/mol. The Morgan fingerprint density at radius 1 is 0.771 bits per heavy atom. The molecule has 0 saturated carbocycles. The molecule has 1 aliphatic carbocycles. The van der Waals surface area contributed by atoms with Gasteiger partial charge in [0.1, 0.15) is 5.75 Å². The Balaban J connectivity index is 0.00000229. The molecule has 3 nitrogen and oxygen atoms in total. The summed E-state index contributed by atoms with van der Waals surface area (Å²) < 4.78 is 8.01. The molecular weight excluding hydrogens is 429 g/mol. The highest BCUT2D eigenvalue weighted by molar-refractivity contribution is 6.19. The van der Waals surface area contributed by atoms with E-state index in [1.54, 1.807) is 0 Å². The number of nitrogens with zero attached hydrogens (tertiary/aromatic N) is 1. The van der Waals surface area contributed by atoms with Crippen molar-refractivity contribution in [3.05, 3.63) is 95.1 Å². The summed E-state index contributed by atoms with van der Waals surface area (Å²) in [4.78, 5) is 0. The fraction of sp³-hybridized carbons (Fsp3) is 0.226. The van der Waals surface area contributed by atoms with E-state index in [1.165, 1.54) is 60.9 Å². The van der Waals surface area contributed by atoms with E-state index in [-0.39, 0.29) is 18.3 Å². The maximum atomic E-state index is 9.48. The van der Waals surface area contributed by atoms with Crippen LogP contribution in [-0.4, -0.2) is 17.3 Å². The highest BCUT2D eigenvalue weighted by Crippen LogP contribution is 2.55. The minimum atomic E-state index is -0.213. The van der Waals surface area contributed by atoms with Gasteiger partial charge in [-0.05, 0) is 57.6 Å². The molecule has 173 valence electrons. The topological polar surface area (TPSA) is 34.4 Å². The third kappa shape index (κ3) is 2.55. The van der Waals surface area contributed by atoms with E-state index in [2.05, 4.69) is 105 Å². The predicted octanol–water partition coefficient (Wildman–Crippen LogP) is 7.27. The van der Waals surface area contributed by atoms with Gasteiger partial charge in [-0.1, -0.05) is 83.7 Å². The lowest BCUT2D eigenvalue weighted by Gasteiger charge is -2.34. The Morgan fingerprint density at radius 2 is 1.49 bits per heavy atom. The molecule has 7 rings (SSSR count). The van der Waals surface area contributed by atoms with Gasteiger partial charge < -0.3 is 14.2 Å². The summed E-state index contributed by atoms with van der Waals surface area (Å²) in [7, 11) is 0.779. The fourth-order valence-corrected chi connectivity index (χ4v) is 6.68. The lowest BCUT2D eigenvalue weighted by Crippen LogP contribution is -2.26. The first-order valence-corrected chi connectivity index (χ1v) is 11.8. The number of fused-ring (bicyclic) bond motifs is 9. The largest absolute Gasteiger partial charge is 0.569 e. The van der Waals surface area contributed by atoms with E-state index < -0.39 is 0 Å². The van der Waals surface area contributed by atoms with Crippen LogP contribution in [0.25, 0.3) is 38.6 Å². The van der Waals surface area contributed by atoms with Crippen LogP contribution in [0.3, 0.4) is 0 Å². The number of para-hydroxylation sites is 1. The van der Waals surface area contributed by atoms with E-state index in [9.17, 15) is 5.02 Å². The molecule has 0 amide bonds. The van der Waals surface area contributed by atoms with Gasteiger partial charge in [0.25, 0.3) is 0 Å². The second-order valence-corrected chi connectivity index (χ2v) is 10.6. The van der Waals surface area contributed by atoms with Crippen molar-refractivity contribution in [3.63, 3.8) is 0 Å². The highest BCUT2D eigenvalue weighted by atomic mass is 16.5. The lowest BCUT2D eigenvalue weighted by molar-refractivity contribution is 0.453. The molecule has 1 N–H and O–H groups in total. The second-order valence-electron chi connectivity index (χ2n) is 10.6. The Labute approximate surface area is 207 Å². The summed E-state index contributed by atoms with van der Waals surface area (Å²) in [6.45, 7) is 9.22. The third-order valence-electron chi connectivity index (χ3n) is 8.20. The first kappa shape index (κ1) is 22.0. The maximum Gasteiger partial charge on any atom is 0.569 e. The Hall–Kier alpha value is -3.50. The molecule has 2 heterocycles. The molecule has 0 spiro atoms. The van der Waals surface area contributed by atoms with Crippen molar-refractivity contribution >= 4 is 29.5 Å². The zero-order valence-corrected chi connectivity index (χ0v) is 19.8. The average Bonchev–Trinajstić information content (AvgIpc) is 3.28. The van der Waals surface area contributed by atoms with Crippen molar-refractivity contribution in [2.24, 2.45) is 0 Å². The molecule has 1 radical (unpaired) electrons. The molecule has 4 aromatic carbocycles. The standard InChI is InChI=1S/C30H25BNO2.CH4/c1-29(2)22-11-7-8-12-24(22)32-25-14-13-19-18-9-5-6-10-21(18)30(3,4)27(19)26(25)20-15-17(34-31-33)16-23(29)28(20)32;/h5-16,33H,1-4H3;1H4. The van der Waals surface area contributed by atoms with E-state index in [0.29, 0.717) is 5.75 Å². The number of hydrogen-bond donors (Lipinski definition) is 1. The first-order chi connectivity index (χ1) is 16.4. The maximum absolute atomic E-state index is 9.48.